The third-order valence-electron chi connectivity index (χ3n) is 2.17. The lowest BCUT2D eigenvalue weighted by Crippen LogP contribution is -1.87. The maximum atomic E-state index is 5.35. The highest BCUT2D eigenvalue weighted by Crippen LogP contribution is 2.43. The summed E-state index contributed by atoms with van der Waals surface area (Å²) in [7, 11) is 3.32. The highest BCUT2D eigenvalue weighted by atomic mass is 32.1. The van der Waals surface area contributed by atoms with Gasteiger partial charge in [-0.05, 0) is 5.56 Å². The summed E-state index contributed by atoms with van der Waals surface area (Å²) in [5, 5.41) is 1.96. The molecule has 1 aromatic carbocycles. The van der Waals surface area contributed by atoms with Crippen molar-refractivity contribution in [1.29, 1.82) is 0 Å². The molecule has 0 aliphatic carbocycles. The van der Waals surface area contributed by atoms with E-state index in [4.69, 9.17) is 9.47 Å². The first kappa shape index (κ1) is 10.1. The van der Waals surface area contributed by atoms with Crippen molar-refractivity contribution in [1.82, 2.24) is 0 Å². The zero-order valence-electron chi connectivity index (χ0n) is 8.69. The largest absolute Gasteiger partial charge is 0.492 e. The van der Waals surface area contributed by atoms with Crippen molar-refractivity contribution in [2.45, 2.75) is 0 Å². The Morgan fingerprint density at radius 3 is 2.33 bits per heavy atom. The van der Waals surface area contributed by atoms with Crippen molar-refractivity contribution in [2.24, 2.45) is 0 Å². The minimum Gasteiger partial charge on any atom is -0.492 e. The van der Waals surface area contributed by atoms with Crippen LogP contribution in [0.5, 0.6) is 11.5 Å². The third-order valence-corrected chi connectivity index (χ3v) is 3.16. The lowest BCUT2D eigenvalue weighted by molar-refractivity contribution is 0.359. The average Bonchev–Trinajstić information content (AvgIpc) is 2.72. The van der Waals surface area contributed by atoms with Gasteiger partial charge in [0.2, 0.25) is 0 Å². The SMILES string of the molecule is COc1csc(-c2ccccc2)c1OC. The topological polar surface area (TPSA) is 18.5 Å². The van der Waals surface area contributed by atoms with E-state index in [-0.39, 0.29) is 0 Å². The second kappa shape index (κ2) is 4.36. The van der Waals surface area contributed by atoms with Crippen molar-refractivity contribution in [2.75, 3.05) is 14.2 Å². The van der Waals surface area contributed by atoms with Crippen LogP contribution in [0.3, 0.4) is 0 Å². The molecule has 2 aromatic rings. The summed E-state index contributed by atoms with van der Waals surface area (Å²) in [6, 6.07) is 10.2. The number of hydrogen-bond donors (Lipinski definition) is 0. The van der Waals surface area contributed by atoms with Crippen LogP contribution in [0.4, 0.5) is 0 Å². The van der Waals surface area contributed by atoms with Crippen molar-refractivity contribution in [3.63, 3.8) is 0 Å². The lowest BCUT2D eigenvalue weighted by atomic mass is 10.2. The molecule has 3 heteroatoms. The molecule has 0 spiro atoms. The van der Waals surface area contributed by atoms with Gasteiger partial charge in [-0.15, -0.1) is 11.3 Å². The van der Waals surface area contributed by atoms with Crippen LogP contribution in [-0.4, -0.2) is 14.2 Å². The second-order valence-corrected chi connectivity index (χ2v) is 3.91. The van der Waals surface area contributed by atoms with Gasteiger partial charge in [-0.1, -0.05) is 30.3 Å². The Morgan fingerprint density at radius 2 is 1.73 bits per heavy atom. The van der Waals surface area contributed by atoms with E-state index < -0.39 is 0 Å². The molecule has 15 heavy (non-hydrogen) atoms. The molecule has 0 radical (unpaired) electrons. The average molecular weight is 220 g/mol. The highest BCUT2D eigenvalue weighted by Gasteiger charge is 2.13. The zero-order valence-corrected chi connectivity index (χ0v) is 9.51. The number of benzene rings is 1. The summed E-state index contributed by atoms with van der Waals surface area (Å²) >= 11 is 1.63. The number of methoxy groups -OCH3 is 2. The van der Waals surface area contributed by atoms with Crippen LogP contribution in [0, 0.1) is 0 Å². The number of rotatable bonds is 3. The van der Waals surface area contributed by atoms with E-state index in [1.807, 2.05) is 23.6 Å². The number of hydrogen-bond acceptors (Lipinski definition) is 3. The maximum Gasteiger partial charge on any atom is 0.179 e. The van der Waals surface area contributed by atoms with Gasteiger partial charge in [0.1, 0.15) is 0 Å². The fourth-order valence-electron chi connectivity index (χ4n) is 1.45. The Bertz CT molecular complexity index is 434. The smallest absolute Gasteiger partial charge is 0.179 e. The summed E-state index contributed by atoms with van der Waals surface area (Å²) < 4.78 is 10.6. The Balaban J connectivity index is 2.49. The molecule has 0 atom stereocenters. The molecule has 1 heterocycles. The zero-order chi connectivity index (χ0) is 10.7. The van der Waals surface area contributed by atoms with Gasteiger partial charge in [-0.3, -0.25) is 0 Å². The lowest BCUT2D eigenvalue weighted by Gasteiger charge is -2.04. The predicted octanol–water partition coefficient (Wildman–Crippen LogP) is 3.43. The third kappa shape index (κ3) is 1.83. The Morgan fingerprint density at radius 1 is 1.00 bits per heavy atom. The molecule has 0 unspecified atom stereocenters. The van der Waals surface area contributed by atoms with Crippen molar-refractivity contribution >= 4 is 11.3 Å². The minimum absolute atomic E-state index is 0.793. The van der Waals surface area contributed by atoms with Gasteiger partial charge < -0.3 is 9.47 Å². The van der Waals surface area contributed by atoms with Gasteiger partial charge in [0.15, 0.2) is 11.5 Å². The van der Waals surface area contributed by atoms with Crippen LogP contribution >= 0.6 is 11.3 Å². The molecule has 2 nitrogen and oxygen atoms in total. The minimum atomic E-state index is 0.793. The number of ether oxygens (including phenoxy) is 2. The predicted molar refractivity (Wildman–Crippen MR) is 62.9 cm³/mol. The van der Waals surface area contributed by atoms with Crippen LogP contribution in [0.15, 0.2) is 35.7 Å². The fraction of sp³-hybridized carbons (Fsp3) is 0.167. The molecule has 1 aromatic heterocycles. The Hall–Kier alpha value is -1.48. The first-order valence-corrected chi connectivity index (χ1v) is 5.49. The molecule has 0 saturated carbocycles. The quantitative estimate of drug-likeness (QED) is 0.789. The first-order valence-electron chi connectivity index (χ1n) is 4.61. The summed E-state index contributed by atoms with van der Waals surface area (Å²) in [6.07, 6.45) is 0. The van der Waals surface area contributed by atoms with E-state index in [0.29, 0.717) is 0 Å². The van der Waals surface area contributed by atoms with Crippen molar-refractivity contribution in [3.8, 4) is 21.9 Å². The van der Waals surface area contributed by atoms with E-state index >= 15 is 0 Å². The summed E-state index contributed by atoms with van der Waals surface area (Å²) in [6.45, 7) is 0. The van der Waals surface area contributed by atoms with Gasteiger partial charge in [0.25, 0.3) is 0 Å². The van der Waals surface area contributed by atoms with Gasteiger partial charge in [-0.25, -0.2) is 0 Å². The molecule has 0 bridgehead atoms. The van der Waals surface area contributed by atoms with E-state index in [0.717, 1.165) is 21.9 Å². The molecule has 0 amide bonds. The van der Waals surface area contributed by atoms with Crippen LogP contribution in [0.25, 0.3) is 10.4 Å². The Labute approximate surface area is 93.1 Å². The summed E-state index contributed by atoms with van der Waals surface area (Å²) in [5.41, 5.74) is 1.16. The molecule has 0 N–H and O–H groups in total. The van der Waals surface area contributed by atoms with Gasteiger partial charge in [0.05, 0.1) is 19.1 Å². The van der Waals surface area contributed by atoms with Gasteiger partial charge >= 0.3 is 0 Å². The van der Waals surface area contributed by atoms with Crippen LogP contribution in [0.2, 0.25) is 0 Å². The normalized spacial score (nSPS) is 10.0. The molecule has 2 rings (SSSR count). The van der Waals surface area contributed by atoms with E-state index in [1.54, 1.807) is 25.6 Å². The van der Waals surface area contributed by atoms with Gasteiger partial charge in [-0.2, -0.15) is 0 Å². The van der Waals surface area contributed by atoms with Crippen LogP contribution < -0.4 is 9.47 Å². The van der Waals surface area contributed by atoms with Crippen molar-refractivity contribution < 1.29 is 9.47 Å². The number of thiophene rings is 1. The molecule has 0 fully saturated rings. The monoisotopic (exact) mass is 220 g/mol. The molecule has 0 saturated heterocycles. The van der Waals surface area contributed by atoms with E-state index in [9.17, 15) is 0 Å². The summed E-state index contributed by atoms with van der Waals surface area (Å²) in [4.78, 5) is 1.11. The second-order valence-electron chi connectivity index (χ2n) is 3.03. The highest BCUT2D eigenvalue weighted by molar-refractivity contribution is 7.14. The van der Waals surface area contributed by atoms with E-state index in [2.05, 4.69) is 12.1 Å². The molecular weight excluding hydrogens is 208 g/mol. The maximum absolute atomic E-state index is 5.35. The summed E-state index contributed by atoms with van der Waals surface area (Å²) in [5.74, 6) is 1.61. The molecule has 0 aliphatic heterocycles. The standard InChI is InChI=1S/C12H12O2S/c1-13-10-8-15-12(11(10)14-2)9-6-4-3-5-7-9/h3-8H,1-2H3. The Kier molecular flexibility index (Phi) is 2.92. The first-order chi connectivity index (χ1) is 7.36. The van der Waals surface area contributed by atoms with Gasteiger partial charge in [0, 0.05) is 5.38 Å². The van der Waals surface area contributed by atoms with Crippen LogP contribution in [0.1, 0.15) is 0 Å². The fourth-order valence-corrected chi connectivity index (χ4v) is 2.45. The van der Waals surface area contributed by atoms with Crippen LogP contribution in [-0.2, 0) is 0 Å². The molecular formula is C12H12O2S. The molecule has 0 aliphatic rings. The van der Waals surface area contributed by atoms with E-state index in [1.165, 1.54) is 0 Å². The van der Waals surface area contributed by atoms with Crippen molar-refractivity contribution in [3.05, 3.63) is 35.7 Å². The molecule has 78 valence electrons.